The first kappa shape index (κ1) is 13.2. The third-order valence-corrected chi connectivity index (χ3v) is 2.42. The number of carboxylic acid groups (broad SMARTS) is 1. The number of nitrogens with one attached hydrogen (secondary N) is 1. The van der Waals surface area contributed by atoms with Crippen LogP contribution < -0.4 is 5.43 Å². The summed E-state index contributed by atoms with van der Waals surface area (Å²) in [6.45, 7) is 4.24. The van der Waals surface area contributed by atoms with Crippen LogP contribution in [0.1, 0.15) is 19.4 Å². The molecule has 1 atom stereocenters. The number of carboxylic acids is 1. The number of rotatable bonds is 6. The molecule has 0 aliphatic carbocycles. The van der Waals surface area contributed by atoms with E-state index in [1.54, 1.807) is 0 Å². The van der Waals surface area contributed by atoms with Gasteiger partial charge in [0.05, 0.1) is 0 Å². The highest BCUT2D eigenvalue weighted by atomic mass is 16.4. The van der Waals surface area contributed by atoms with E-state index < -0.39 is 5.97 Å². The zero-order chi connectivity index (χ0) is 12.7. The van der Waals surface area contributed by atoms with E-state index in [1.807, 2.05) is 18.2 Å². The fourth-order valence-electron chi connectivity index (χ4n) is 1.46. The Balaban J connectivity index is 2.34. The zero-order valence-electron chi connectivity index (χ0n) is 10.2. The van der Waals surface area contributed by atoms with Gasteiger partial charge < -0.3 is 10.5 Å². The number of hydrogen-bond donors (Lipinski definition) is 2. The molecule has 1 aromatic carbocycles. The Bertz CT molecular complexity index is 388. The highest BCUT2D eigenvalue weighted by molar-refractivity contribution is 6.34. The van der Waals surface area contributed by atoms with Gasteiger partial charge in [-0.25, -0.2) is 4.79 Å². The van der Waals surface area contributed by atoms with Crippen LogP contribution >= 0.6 is 0 Å². The molecule has 1 aromatic rings. The third kappa shape index (κ3) is 5.15. The van der Waals surface area contributed by atoms with Gasteiger partial charge in [-0.3, -0.25) is 0 Å². The fraction of sp³-hybridized carbons (Fsp3) is 0.385. The maximum absolute atomic E-state index is 10.5. The molecule has 0 aliphatic rings. The summed E-state index contributed by atoms with van der Waals surface area (Å²) >= 11 is 0. The van der Waals surface area contributed by atoms with Crippen molar-refractivity contribution in [3.63, 3.8) is 0 Å². The second-order valence-corrected chi connectivity index (χ2v) is 4.16. The molecule has 17 heavy (non-hydrogen) atoms. The highest BCUT2D eigenvalue weighted by Gasteiger charge is 2.04. The molecule has 2 N–H and O–H groups in total. The SMILES string of the molecule is C/C(=N\NCC(C)Cc1ccccc1)C(=O)O. The molecule has 4 heteroatoms. The standard InChI is InChI=1S/C13H18N2O2/c1-10(8-12-6-4-3-5-7-12)9-14-15-11(2)13(16)17/h3-7,10,14H,8-9H2,1-2H3,(H,16,17)/b15-11+. The summed E-state index contributed by atoms with van der Waals surface area (Å²) in [5.74, 6) is -0.587. The Hall–Kier alpha value is -1.84. The van der Waals surface area contributed by atoms with E-state index in [4.69, 9.17) is 5.11 Å². The van der Waals surface area contributed by atoms with Crippen LogP contribution in [-0.4, -0.2) is 23.3 Å². The molecule has 0 aliphatic heterocycles. The highest BCUT2D eigenvalue weighted by Crippen LogP contribution is 2.06. The van der Waals surface area contributed by atoms with Crippen LogP contribution in [0.3, 0.4) is 0 Å². The molecule has 0 heterocycles. The van der Waals surface area contributed by atoms with Crippen LogP contribution in [0.25, 0.3) is 0 Å². The van der Waals surface area contributed by atoms with Crippen LogP contribution in [0.5, 0.6) is 0 Å². The monoisotopic (exact) mass is 234 g/mol. The Morgan fingerprint density at radius 1 is 1.41 bits per heavy atom. The summed E-state index contributed by atoms with van der Waals surface area (Å²) in [5, 5.41) is 12.4. The lowest BCUT2D eigenvalue weighted by molar-refractivity contribution is -0.129. The van der Waals surface area contributed by atoms with Crippen molar-refractivity contribution in [3.05, 3.63) is 35.9 Å². The van der Waals surface area contributed by atoms with Crippen LogP contribution in [0.2, 0.25) is 0 Å². The number of nitrogens with zero attached hydrogens (tertiary/aromatic N) is 1. The van der Waals surface area contributed by atoms with E-state index in [9.17, 15) is 4.79 Å². The minimum Gasteiger partial charge on any atom is -0.477 e. The van der Waals surface area contributed by atoms with E-state index in [0.717, 1.165) is 6.42 Å². The first-order valence-corrected chi connectivity index (χ1v) is 5.64. The maximum atomic E-state index is 10.5. The van der Waals surface area contributed by atoms with E-state index in [-0.39, 0.29) is 5.71 Å². The van der Waals surface area contributed by atoms with Gasteiger partial charge in [-0.2, -0.15) is 5.10 Å². The molecule has 0 spiro atoms. The molecule has 1 rings (SSSR count). The molecular formula is C13H18N2O2. The lowest BCUT2D eigenvalue weighted by Gasteiger charge is -2.10. The minimum absolute atomic E-state index is 0.0805. The Kier molecular flexibility index (Phi) is 5.20. The smallest absolute Gasteiger partial charge is 0.351 e. The number of hydrogen-bond acceptors (Lipinski definition) is 3. The van der Waals surface area contributed by atoms with Crippen molar-refractivity contribution in [2.45, 2.75) is 20.3 Å². The van der Waals surface area contributed by atoms with E-state index >= 15 is 0 Å². The maximum Gasteiger partial charge on any atom is 0.351 e. The second kappa shape index (κ2) is 6.68. The van der Waals surface area contributed by atoms with E-state index in [2.05, 4.69) is 29.6 Å². The van der Waals surface area contributed by atoms with E-state index in [1.165, 1.54) is 12.5 Å². The average Bonchev–Trinajstić information content (AvgIpc) is 2.30. The zero-order valence-corrected chi connectivity index (χ0v) is 10.2. The summed E-state index contributed by atoms with van der Waals surface area (Å²) in [4.78, 5) is 10.5. The summed E-state index contributed by atoms with van der Waals surface area (Å²) in [7, 11) is 0. The van der Waals surface area contributed by atoms with Crippen molar-refractivity contribution in [2.75, 3.05) is 6.54 Å². The van der Waals surface area contributed by atoms with Crippen molar-refractivity contribution in [3.8, 4) is 0 Å². The van der Waals surface area contributed by atoms with Crippen molar-refractivity contribution in [2.24, 2.45) is 11.0 Å². The predicted octanol–water partition coefficient (Wildman–Crippen LogP) is 1.92. The number of benzene rings is 1. The summed E-state index contributed by atoms with van der Waals surface area (Å²) in [6, 6.07) is 10.2. The lowest BCUT2D eigenvalue weighted by Crippen LogP contribution is -2.21. The number of carbonyl (C=O) groups is 1. The molecule has 1 unspecified atom stereocenters. The molecule has 0 bridgehead atoms. The van der Waals surface area contributed by atoms with Gasteiger partial charge in [0.25, 0.3) is 0 Å². The molecule has 0 fully saturated rings. The molecule has 0 saturated carbocycles. The Labute approximate surface area is 101 Å². The number of aliphatic carboxylic acids is 1. The fourth-order valence-corrected chi connectivity index (χ4v) is 1.46. The quantitative estimate of drug-likeness (QED) is 0.584. The molecular weight excluding hydrogens is 216 g/mol. The van der Waals surface area contributed by atoms with E-state index in [0.29, 0.717) is 12.5 Å². The molecule has 4 nitrogen and oxygen atoms in total. The largest absolute Gasteiger partial charge is 0.477 e. The van der Waals surface area contributed by atoms with Crippen molar-refractivity contribution >= 4 is 11.7 Å². The van der Waals surface area contributed by atoms with Crippen LogP contribution in [-0.2, 0) is 11.2 Å². The summed E-state index contributed by atoms with van der Waals surface area (Å²) in [5.41, 5.74) is 4.15. The molecule has 0 amide bonds. The second-order valence-electron chi connectivity index (χ2n) is 4.16. The lowest BCUT2D eigenvalue weighted by atomic mass is 10.0. The topological polar surface area (TPSA) is 61.7 Å². The minimum atomic E-state index is -0.992. The Morgan fingerprint density at radius 3 is 2.65 bits per heavy atom. The van der Waals surface area contributed by atoms with Crippen LogP contribution in [0.4, 0.5) is 0 Å². The van der Waals surface area contributed by atoms with Crippen LogP contribution in [0.15, 0.2) is 35.4 Å². The number of hydrazone groups is 1. The van der Waals surface area contributed by atoms with Gasteiger partial charge in [0, 0.05) is 6.54 Å². The van der Waals surface area contributed by atoms with Gasteiger partial charge in [-0.15, -0.1) is 0 Å². The summed E-state index contributed by atoms with van der Waals surface area (Å²) < 4.78 is 0. The predicted molar refractivity (Wildman–Crippen MR) is 68.1 cm³/mol. The van der Waals surface area contributed by atoms with Gasteiger partial charge >= 0.3 is 5.97 Å². The van der Waals surface area contributed by atoms with Gasteiger partial charge in [-0.1, -0.05) is 37.3 Å². The normalized spacial score (nSPS) is 13.2. The first-order valence-electron chi connectivity index (χ1n) is 5.64. The van der Waals surface area contributed by atoms with Gasteiger partial charge in [0.15, 0.2) is 0 Å². The Morgan fingerprint density at radius 2 is 2.06 bits per heavy atom. The third-order valence-electron chi connectivity index (χ3n) is 2.42. The first-order chi connectivity index (χ1) is 8.09. The van der Waals surface area contributed by atoms with Gasteiger partial charge in [0.2, 0.25) is 0 Å². The van der Waals surface area contributed by atoms with Gasteiger partial charge in [0.1, 0.15) is 5.71 Å². The van der Waals surface area contributed by atoms with Crippen molar-refractivity contribution in [1.29, 1.82) is 0 Å². The average molecular weight is 234 g/mol. The molecule has 92 valence electrons. The van der Waals surface area contributed by atoms with Crippen LogP contribution in [0, 0.1) is 5.92 Å². The van der Waals surface area contributed by atoms with Gasteiger partial charge in [-0.05, 0) is 24.8 Å². The molecule has 0 radical (unpaired) electrons. The summed E-state index contributed by atoms with van der Waals surface area (Å²) in [6.07, 6.45) is 0.954. The molecule has 0 aromatic heterocycles. The molecule has 0 saturated heterocycles. The van der Waals surface area contributed by atoms with Crippen molar-refractivity contribution in [1.82, 2.24) is 5.43 Å². The van der Waals surface area contributed by atoms with Crippen molar-refractivity contribution < 1.29 is 9.90 Å².